The van der Waals surface area contributed by atoms with Gasteiger partial charge in [0, 0.05) is 13.1 Å². The first-order valence-electron chi connectivity index (χ1n) is 4.90. The summed E-state index contributed by atoms with van der Waals surface area (Å²) < 4.78 is 0. The number of rotatable bonds is 1. The lowest BCUT2D eigenvalue weighted by Gasteiger charge is -2.47. The Morgan fingerprint density at radius 2 is 2.08 bits per heavy atom. The normalized spacial score (nSPS) is 27.0. The Labute approximate surface area is 79.2 Å². The smallest absolute Gasteiger partial charge is 0.208 e. The van der Waals surface area contributed by atoms with Crippen molar-refractivity contribution in [3.63, 3.8) is 0 Å². The van der Waals surface area contributed by atoms with Gasteiger partial charge in [-0.05, 0) is 18.3 Å². The van der Waals surface area contributed by atoms with Crippen molar-refractivity contribution in [1.29, 1.82) is 0 Å². The van der Waals surface area contributed by atoms with Crippen LogP contribution < -0.4 is 11.3 Å². The van der Waals surface area contributed by atoms with E-state index in [1.165, 1.54) is 12.8 Å². The molecule has 0 unspecified atom stereocenters. The van der Waals surface area contributed by atoms with Crippen molar-refractivity contribution in [3.8, 4) is 0 Å². The van der Waals surface area contributed by atoms with Crippen LogP contribution in [0.25, 0.3) is 0 Å². The first kappa shape index (κ1) is 8.81. The number of hydrogen-bond donors (Lipinski definition) is 2. The van der Waals surface area contributed by atoms with E-state index in [-0.39, 0.29) is 0 Å². The zero-order valence-electron chi connectivity index (χ0n) is 8.38. The molecule has 0 amide bonds. The average Bonchev–Trinajstić information content (AvgIpc) is 2.79. The Morgan fingerprint density at radius 1 is 1.46 bits per heavy atom. The fourth-order valence-corrected chi connectivity index (χ4v) is 1.72. The fourth-order valence-electron chi connectivity index (χ4n) is 1.72. The molecular formula is C9H18N4. The van der Waals surface area contributed by atoms with Gasteiger partial charge in [-0.15, -0.1) is 0 Å². The van der Waals surface area contributed by atoms with Crippen molar-refractivity contribution in [2.24, 2.45) is 16.3 Å². The third-order valence-corrected chi connectivity index (χ3v) is 2.52. The quantitative estimate of drug-likeness (QED) is 0.265. The van der Waals surface area contributed by atoms with Gasteiger partial charge in [-0.2, -0.15) is 0 Å². The van der Waals surface area contributed by atoms with Crippen molar-refractivity contribution in [2.75, 3.05) is 13.1 Å². The average molecular weight is 182 g/mol. The van der Waals surface area contributed by atoms with Gasteiger partial charge in [-0.1, -0.05) is 13.8 Å². The van der Waals surface area contributed by atoms with Crippen LogP contribution in [0.1, 0.15) is 26.7 Å². The second-order valence-electron chi connectivity index (χ2n) is 4.85. The van der Waals surface area contributed by atoms with Crippen LogP contribution in [0, 0.1) is 5.41 Å². The highest BCUT2D eigenvalue weighted by Gasteiger charge is 2.36. The lowest BCUT2D eigenvalue weighted by molar-refractivity contribution is 0.0944. The third kappa shape index (κ3) is 1.94. The minimum absolute atomic E-state index is 0.432. The van der Waals surface area contributed by atoms with E-state index >= 15 is 0 Å². The van der Waals surface area contributed by atoms with E-state index in [9.17, 15) is 0 Å². The number of nitrogens with zero attached hydrogens (tertiary/aromatic N) is 2. The molecule has 1 heterocycles. The van der Waals surface area contributed by atoms with Crippen LogP contribution in [-0.2, 0) is 0 Å². The molecule has 74 valence electrons. The third-order valence-electron chi connectivity index (χ3n) is 2.52. The van der Waals surface area contributed by atoms with Crippen molar-refractivity contribution >= 4 is 5.96 Å². The summed E-state index contributed by atoms with van der Waals surface area (Å²) in [5.74, 6) is 6.30. The first-order valence-corrected chi connectivity index (χ1v) is 4.90. The number of guanidine groups is 1. The zero-order valence-corrected chi connectivity index (χ0v) is 8.38. The van der Waals surface area contributed by atoms with E-state index in [0.29, 0.717) is 11.5 Å². The summed E-state index contributed by atoms with van der Waals surface area (Å²) in [6.45, 7) is 6.63. The van der Waals surface area contributed by atoms with Gasteiger partial charge in [0.2, 0.25) is 5.96 Å². The second kappa shape index (κ2) is 2.87. The summed E-state index contributed by atoms with van der Waals surface area (Å²) in [5, 5.41) is 0. The topological polar surface area (TPSA) is 53.6 Å². The van der Waals surface area contributed by atoms with Gasteiger partial charge >= 0.3 is 0 Å². The molecular weight excluding hydrogens is 164 g/mol. The molecule has 2 rings (SSSR count). The van der Waals surface area contributed by atoms with Crippen LogP contribution in [0.4, 0.5) is 0 Å². The molecule has 2 fully saturated rings. The van der Waals surface area contributed by atoms with Gasteiger partial charge < -0.3 is 4.90 Å². The maximum Gasteiger partial charge on any atom is 0.208 e. The van der Waals surface area contributed by atoms with Crippen LogP contribution >= 0.6 is 0 Å². The van der Waals surface area contributed by atoms with Crippen molar-refractivity contribution in [2.45, 2.75) is 32.7 Å². The molecule has 13 heavy (non-hydrogen) atoms. The summed E-state index contributed by atoms with van der Waals surface area (Å²) in [6, 6.07) is 0.537. The molecule has 0 radical (unpaired) electrons. The van der Waals surface area contributed by atoms with Gasteiger partial charge in [0.15, 0.2) is 0 Å². The van der Waals surface area contributed by atoms with Gasteiger partial charge in [-0.25, -0.2) is 10.8 Å². The predicted molar refractivity (Wildman–Crippen MR) is 53.1 cm³/mol. The molecule has 1 aliphatic heterocycles. The number of likely N-dealkylation sites (tertiary alicyclic amines) is 1. The second-order valence-corrected chi connectivity index (χ2v) is 4.85. The molecule has 0 spiro atoms. The van der Waals surface area contributed by atoms with Crippen molar-refractivity contribution in [3.05, 3.63) is 0 Å². The van der Waals surface area contributed by atoms with Crippen LogP contribution in [0.5, 0.6) is 0 Å². The Balaban J connectivity index is 1.91. The lowest BCUT2D eigenvalue weighted by Crippen LogP contribution is -2.60. The SMILES string of the molecule is CC1(C)CN(C(=NC2CC2)NN)C1. The Bertz CT molecular complexity index is 222. The van der Waals surface area contributed by atoms with E-state index < -0.39 is 0 Å². The number of aliphatic imine (C=N–C) groups is 1. The molecule has 0 aromatic heterocycles. The molecule has 4 nitrogen and oxygen atoms in total. The van der Waals surface area contributed by atoms with E-state index in [4.69, 9.17) is 5.84 Å². The molecule has 2 aliphatic rings. The van der Waals surface area contributed by atoms with Crippen LogP contribution in [0.15, 0.2) is 4.99 Å². The van der Waals surface area contributed by atoms with Gasteiger partial charge in [-0.3, -0.25) is 5.43 Å². The number of nitrogens with two attached hydrogens (primary N) is 1. The molecule has 0 aromatic rings. The zero-order chi connectivity index (χ0) is 9.47. The molecule has 1 saturated carbocycles. The highest BCUT2D eigenvalue weighted by atomic mass is 15.4. The molecule has 1 aliphatic carbocycles. The monoisotopic (exact) mass is 182 g/mol. The summed E-state index contributed by atoms with van der Waals surface area (Å²) in [6.07, 6.45) is 2.45. The lowest BCUT2D eigenvalue weighted by atomic mass is 9.85. The van der Waals surface area contributed by atoms with E-state index in [1.54, 1.807) is 0 Å². The Morgan fingerprint density at radius 3 is 2.46 bits per heavy atom. The molecule has 0 aromatic carbocycles. The highest BCUT2D eigenvalue weighted by molar-refractivity contribution is 5.80. The minimum Gasteiger partial charge on any atom is -0.341 e. The predicted octanol–water partition coefficient (Wildman–Crippen LogP) is 0.310. The van der Waals surface area contributed by atoms with Crippen LogP contribution in [0.2, 0.25) is 0 Å². The first-order chi connectivity index (χ1) is 6.11. The van der Waals surface area contributed by atoms with Gasteiger partial charge in [0.05, 0.1) is 6.04 Å². The Kier molecular flexibility index (Phi) is 1.95. The summed E-state index contributed by atoms with van der Waals surface area (Å²) in [5.41, 5.74) is 3.12. The number of nitrogens with one attached hydrogen (secondary N) is 1. The number of hydrogen-bond acceptors (Lipinski definition) is 2. The summed E-state index contributed by atoms with van der Waals surface area (Å²) in [4.78, 5) is 6.71. The van der Waals surface area contributed by atoms with Crippen molar-refractivity contribution in [1.82, 2.24) is 10.3 Å². The molecule has 0 bridgehead atoms. The largest absolute Gasteiger partial charge is 0.341 e. The molecule has 1 saturated heterocycles. The van der Waals surface area contributed by atoms with E-state index in [1.807, 2.05) is 0 Å². The van der Waals surface area contributed by atoms with E-state index in [0.717, 1.165) is 19.0 Å². The minimum atomic E-state index is 0.432. The van der Waals surface area contributed by atoms with Crippen LogP contribution in [0.3, 0.4) is 0 Å². The van der Waals surface area contributed by atoms with Gasteiger partial charge in [0.25, 0.3) is 0 Å². The van der Waals surface area contributed by atoms with Gasteiger partial charge in [0.1, 0.15) is 0 Å². The Hall–Kier alpha value is -0.770. The standard InChI is InChI=1S/C9H18N4/c1-9(2)5-13(6-9)8(12-10)11-7-3-4-7/h7H,3-6,10H2,1-2H3,(H,11,12). The molecule has 0 atom stereocenters. The maximum atomic E-state index is 5.43. The molecule has 3 N–H and O–H groups in total. The maximum absolute atomic E-state index is 5.43. The highest BCUT2D eigenvalue weighted by Crippen LogP contribution is 2.30. The van der Waals surface area contributed by atoms with E-state index in [2.05, 4.69) is 29.2 Å². The summed E-state index contributed by atoms with van der Waals surface area (Å²) >= 11 is 0. The fraction of sp³-hybridized carbons (Fsp3) is 0.889. The van der Waals surface area contributed by atoms with Crippen molar-refractivity contribution < 1.29 is 0 Å². The molecule has 4 heteroatoms. The summed E-state index contributed by atoms with van der Waals surface area (Å²) in [7, 11) is 0. The van der Waals surface area contributed by atoms with Crippen LogP contribution in [-0.4, -0.2) is 30.0 Å². The number of hydrazine groups is 1.